The van der Waals surface area contributed by atoms with E-state index in [9.17, 15) is 9.18 Å². The number of rotatable bonds is 3. The number of aromatic nitrogens is 1. The third-order valence-electron chi connectivity index (χ3n) is 3.41. The van der Waals surface area contributed by atoms with Crippen LogP contribution in [-0.4, -0.2) is 10.9 Å². The first-order valence-corrected chi connectivity index (χ1v) is 7.70. The molecule has 0 bridgehead atoms. The number of anilines is 1. The molecule has 0 saturated carbocycles. The first-order chi connectivity index (χ1) is 11.0. The molecule has 0 atom stereocenters. The molecule has 6 heteroatoms. The summed E-state index contributed by atoms with van der Waals surface area (Å²) < 4.78 is 13.0. The molecule has 116 valence electrons. The highest BCUT2D eigenvalue weighted by atomic mass is 32.1. The first-order valence-electron chi connectivity index (χ1n) is 6.89. The Morgan fingerprint density at radius 2 is 1.96 bits per heavy atom. The van der Waals surface area contributed by atoms with Gasteiger partial charge < -0.3 is 11.5 Å². The minimum atomic E-state index is -0.559. The van der Waals surface area contributed by atoms with E-state index in [1.165, 1.54) is 23.5 Å². The number of carbonyl (C=O) groups is 1. The highest BCUT2D eigenvalue weighted by Crippen LogP contribution is 2.35. The molecule has 0 radical (unpaired) electrons. The summed E-state index contributed by atoms with van der Waals surface area (Å²) in [5.41, 5.74) is 14.3. The SMILES string of the molecule is Cc1cc(/C=C/c2ccc(F)cc2)c2c(N)c(C(N)=O)sc2n1. The number of benzene rings is 1. The quantitative estimate of drug-likeness (QED) is 0.771. The van der Waals surface area contributed by atoms with Crippen molar-refractivity contribution in [2.75, 3.05) is 5.73 Å². The molecule has 3 aromatic rings. The Balaban J connectivity index is 2.12. The maximum absolute atomic E-state index is 13.0. The Kier molecular flexibility index (Phi) is 3.83. The maximum atomic E-state index is 13.0. The van der Waals surface area contributed by atoms with Crippen molar-refractivity contribution >= 4 is 45.3 Å². The van der Waals surface area contributed by atoms with Crippen molar-refractivity contribution in [3.63, 3.8) is 0 Å². The molecule has 1 aromatic carbocycles. The first kappa shape index (κ1) is 15.2. The Labute approximate surface area is 136 Å². The topological polar surface area (TPSA) is 82.0 Å². The maximum Gasteiger partial charge on any atom is 0.260 e. The van der Waals surface area contributed by atoms with Crippen LogP contribution < -0.4 is 11.5 Å². The molecule has 0 aliphatic carbocycles. The van der Waals surface area contributed by atoms with Gasteiger partial charge in [0, 0.05) is 11.1 Å². The predicted octanol–water partition coefficient (Wildman–Crippen LogP) is 3.60. The summed E-state index contributed by atoms with van der Waals surface area (Å²) in [5.74, 6) is -0.839. The van der Waals surface area contributed by atoms with Gasteiger partial charge in [-0.05, 0) is 36.2 Å². The van der Waals surface area contributed by atoms with Crippen molar-refractivity contribution in [3.05, 3.63) is 57.8 Å². The summed E-state index contributed by atoms with van der Waals surface area (Å²) in [6.07, 6.45) is 3.73. The number of halogens is 1. The Morgan fingerprint density at radius 3 is 2.61 bits per heavy atom. The second-order valence-electron chi connectivity index (χ2n) is 5.13. The van der Waals surface area contributed by atoms with Crippen molar-refractivity contribution in [3.8, 4) is 0 Å². The second-order valence-corrected chi connectivity index (χ2v) is 6.13. The van der Waals surface area contributed by atoms with Crippen molar-refractivity contribution in [2.24, 2.45) is 5.73 Å². The standard InChI is InChI=1S/C17H14FN3OS/c1-9-8-11(5-2-10-3-6-12(18)7-4-10)13-14(19)15(16(20)22)23-17(13)21-9/h2-8H,19H2,1H3,(H2,20,22)/b5-2+. The lowest BCUT2D eigenvalue weighted by Crippen LogP contribution is -2.10. The van der Waals surface area contributed by atoms with Crippen LogP contribution >= 0.6 is 11.3 Å². The van der Waals surface area contributed by atoms with E-state index < -0.39 is 5.91 Å². The van der Waals surface area contributed by atoms with Gasteiger partial charge in [0.2, 0.25) is 0 Å². The lowest BCUT2D eigenvalue weighted by Gasteiger charge is -2.01. The zero-order chi connectivity index (χ0) is 16.6. The van der Waals surface area contributed by atoms with Gasteiger partial charge in [0.05, 0.1) is 5.69 Å². The minimum absolute atomic E-state index is 0.280. The van der Waals surface area contributed by atoms with Gasteiger partial charge in [-0.1, -0.05) is 24.3 Å². The Hall–Kier alpha value is -2.73. The number of thiophene rings is 1. The van der Waals surface area contributed by atoms with Gasteiger partial charge in [-0.25, -0.2) is 9.37 Å². The number of nitrogen functional groups attached to an aromatic ring is 1. The molecular weight excluding hydrogens is 313 g/mol. The highest BCUT2D eigenvalue weighted by molar-refractivity contribution is 7.21. The highest BCUT2D eigenvalue weighted by Gasteiger charge is 2.17. The van der Waals surface area contributed by atoms with Gasteiger partial charge >= 0.3 is 0 Å². The average molecular weight is 327 g/mol. The van der Waals surface area contributed by atoms with Crippen molar-refractivity contribution in [2.45, 2.75) is 6.92 Å². The summed E-state index contributed by atoms with van der Waals surface area (Å²) >= 11 is 1.19. The molecule has 4 nitrogen and oxygen atoms in total. The lowest BCUT2D eigenvalue weighted by molar-refractivity contribution is 0.100. The van der Waals surface area contributed by atoms with Crippen LogP contribution in [0.4, 0.5) is 10.1 Å². The molecule has 3 rings (SSSR count). The number of hydrogen-bond donors (Lipinski definition) is 2. The molecule has 0 aliphatic heterocycles. The molecule has 0 fully saturated rings. The fourth-order valence-electron chi connectivity index (χ4n) is 2.35. The van der Waals surface area contributed by atoms with Crippen LogP contribution in [0, 0.1) is 12.7 Å². The lowest BCUT2D eigenvalue weighted by atomic mass is 10.1. The van der Waals surface area contributed by atoms with E-state index in [4.69, 9.17) is 11.5 Å². The van der Waals surface area contributed by atoms with Crippen LogP contribution in [0.2, 0.25) is 0 Å². The number of fused-ring (bicyclic) bond motifs is 1. The molecule has 4 N–H and O–H groups in total. The third-order valence-corrected chi connectivity index (χ3v) is 4.52. The fourth-order valence-corrected chi connectivity index (χ4v) is 3.38. The van der Waals surface area contributed by atoms with Gasteiger partial charge in [0.1, 0.15) is 15.5 Å². The number of nitrogens with zero attached hydrogens (tertiary/aromatic N) is 1. The molecular formula is C17H14FN3OS. The molecule has 2 heterocycles. The number of primary amides is 1. The van der Waals surface area contributed by atoms with E-state index in [0.29, 0.717) is 20.8 Å². The molecule has 2 aromatic heterocycles. The van der Waals surface area contributed by atoms with Gasteiger partial charge in [-0.3, -0.25) is 4.79 Å². The molecule has 0 saturated heterocycles. The summed E-state index contributed by atoms with van der Waals surface area (Å²) in [7, 11) is 0. The minimum Gasteiger partial charge on any atom is -0.397 e. The molecule has 0 spiro atoms. The van der Waals surface area contributed by atoms with Gasteiger partial charge in [0.25, 0.3) is 5.91 Å². The van der Waals surface area contributed by atoms with Crippen LogP contribution in [0.5, 0.6) is 0 Å². The zero-order valence-corrected chi connectivity index (χ0v) is 13.2. The Bertz CT molecular complexity index is 929. The summed E-state index contributed by atoms with van der Waals surface area (Å²) in [5, 5.41) is 0.716. The van der Waals surface area contributed by atoms with Gasteiger partial charge in [0.15, 0.2) is 0 Å². The Morgan fingerprint density at radius 1 is 1.26 bits per heavy atom. The van der Waals surface area contributed by atoms with Crippen LogP contribution in [0.15, 0.2) is 30.3 Å². The molecule has 0 aliphatic rings. The molecule has 0 unspecified atom stereocenters. The molecule has 1 amide bonds. The van der Waals surface area contributed by atoms with E-state index in [-0.39, 0.29) is 5.82 Å². The van der Waals surface area contributed by atoms with Gasteiger partial charge in [-0.2, -0.15) is 0 Å². The summed E-state index contributed by atoms with van der Waals surface area (Å²) in [6.45, 7) is 1.87. The second kappa shape index (κ2) is 5.81. The van der Waals surface area contributed by atoms with E-state index in [1.54, 1.807) is 12.1 Å². The largest absolute Gasteiger partial charge is 0.397 e. The normalized spacial score (nSPS) is 11.4. The smallest absolute Gasteiger partial charge is 0.260 e. The summed E-state index contributed by atoms with van der Waals surface area (Å²) in [4.78, 5) is 16.9. The van der Waals surface area contributed by atoms with Crippen molar-refractivity contribution in [1.82, 2.24) is 4.98 Å². The van der Waals surface area contributed by atoms with Crippen LogP contribution in [0.25, 0.3) is 22.4 Å². The number of carbonyl (C=O) groups excluding carboxylic acids is 1. The predicted molar refractivity (Wildman–Crippen MR) is 92.6 cm³/mol. The number of pyridine rings is 1. The van der Waals surface area contributed by atoms with E-state index in [0.717, 1.165) is 16.8 Å². The van der Waals surface area contributed by atoms with E-state index in [2.05, 4.69) is 4.98 Å². The number of hydrogen-bond acceptors (Lipinski definition) is 4. The van der Waals surface area contributed by atoms with Crippen LogP contribution in [-0.2, 0) is 0 Å². The van der Waals surface area contributed by atoms with E-state index >= 15 is 0 Å². The van der Waals surface area contributed by atoms with Crippen LogP contribution in [0.3, 0.4) is 0 Å². The van der Waals surface area contributed by atoms with Crippen LogP contribution in [0.1, 0.15) is 26.5 Å². The number of nitrogens with two attached hydrogens (primary N) is 2. The monoisotopic (exact) mass is 327 g/mol. The number of aryl methyl sites for hydroxylation is 1. The third kappa shape index (κ3) is 2.93. The van der Waals surface area contributed by atoms with Crippen molar-refractivity contribution < 1.29 is 9.18 Å². The molecule has 23 heavy (non-hydrogen) atoms. The number of amides is 1. The van der Waals surface area contributed by atoms with Gasteiger partial charge in [-0.15, -0.1) is 11.3 Å². The zero-order valence-electron chi connectivity index (χ0n) is 12.3. The summed E-state index contributed by atoms with van der Waals surface area (Å²) in [6, 6.07) is 8.05. The van der Waals surface area contributed by atoms with Crippen molar-refractivity contribution in [1.29, 1.82) is 0 Å². The average Bonchev–Trinajstić information content (AvgIpc) is 2.83. The van der Waals surface area contributed by atoms with E-state index in [1.807, 2.05) is 25.1 Å². The fraction of sp³-hybridized carbons (Fsp3) is 0.0588.